The van der Waals surface area contributed by atoms with Crippen molar-refractivity contribution in [3.05, 3.63) is 28.2 Å². The smallest absolute Gasteiger partial charge is 0.270 e. The molecule has 154 valence electrons. The number of nitrogens with zero attached hydrogens (tertiary/aromatic N) is 2. The molecular formula is C19H28N4O5. The topological polar surface area (TPSA) is 115 Å². The molecule has 0 spiro atoms. The second kappa shape index (κ2) is 8.32. The quantitative estimate of drug-likeness (QED) is 0.618. The van der Waals surface area contributed by atoms with E-state index in [1.54, 1.807) is 4.90 Å². The Morgan fingerprint density at radius 3 is 2.86 bits per heavy atom. The predicted molar refractivity (Wildman–Crippen MR) is 102 cm³/mol. The van der Waals surface area contributed by atoms with E-state index in [4.69, 9.17) is 9.84 Å². The molecule has 9 nitrogen and oxygen atoms in total. The molecule has 2 saturated heterocycles. The maximum absolute atomic E-state index is 13.2. The van der Waals surface area contributed by atoms with Crippen LogP contribution in [0.15, 0.2) is 17.1 Å². The number of fused-ring (bicyclic) bond motifs is 1. The molecule has 2 aliphatic rings. The number of carbonyl (C=O) groups excluding carboxylic acids is 2. The van der Waals surface area contributed by atoms with Crippen LogP contribution in [-0.2, 0) is 4.79 Å². The van der Waals surface area contributed by atoms with Gasteiger partial charge in [0.15, 0.2) is 5.75 Å². The molecule has 1 aromatic rings. The molecule has 9 heteroatoms. The maximum atomic E-state index is 13.2. The van der Waals surface area contributed by atoms with E-state index in [0.29, 0.717) is 32.4 Å². The van der Waals surface area contributed by atoms with E-state index in [0.717, 1.165) is 6.54 Å². The molecule has 3 rings (SSSR count). The number of carbonyl (C=O) groups is 2. The highest BCUT2D eigenvalue weighted by atomic mass is 16.5. The number of amides is 2. The third kappa shape index (κ3) is 3.64. The monoisotopic (exact) mass is 392 g/mol. The van der Waals surface area contributed by atoms with Crippen LogP contribution in [0.4, 0.5) is 0 Å². The number of rotatable bonds is 5. The molecule has 0 saturated carbocycles. The number of piperidine rings is 2. The van der Waals surface area contributed by atoms with Crippen LogP contribution in [0.3, 0.4) is 0 Å². The lowest BCUT2D eigenvalue weighted by Gasteiger charge is -2.53. The van der Waals surface area contributed by atoms with Crippen molar-refractivity contribution in [2.75, 3.05) is 46.9 Å². The van der Waals surface area contributed by atoms with Gasteiger partial charge in [-0.15, -0.1) is 0 Å². The van der Waals surface area contributed by atoms with E-state index in [1.165, 1.54) is 19.4 Å². The number of hydrogen-bond donors (Lipinski definition) is 3. The van der Waals surface area contributed by atoms with Gasteiger partial charge in [0.2, 0.25) is 11.3 Å². The van der Waals surface area contributed by atoms with Crippen LogP contribution in [0.5, 0.6) is 5.75 Å². The zero-order chi connectivity index (χ0) is 20.3. The first-order valence-corrected chi connectivity index (χ1v) is 9.58. The third-order valence-corrected chi connectivity index (χ3v) is 5.90. The van der Waals surface area contributed by atoms with Crippen molar-refractivity contribution in [2.24, 2.45) is 5.41 Å². The molecule has 0 unspecified atom stereocenters. The minimum Gasteiger partial charge on any atom is -0.491 e. The van der Waals surface area contributed by atoms with Crippen molar-refractivity contribution in [1.29, 1.82) is 0 Å². The van der Waals surface area contributed by atoms with E-state index in [-0.39, 0.29) is 47.9 Å². The van der Waals surface area contributed by atoms with Gasteiger partial charge in [-0.25, -0.2) is 0 Å². The van der Waals surface area contributed by atoms with E-state index in [9.17, 15) is 14.4 Å². The van der Waals surface area contributed by atoms with Gasteiger partial charge in [-0.2, -0.15) is 0 Å². The number of ether oxygens (including phenoxy) is 1. The van der Waals surface area contributed by atoms with Gasteiger partial charge in [0.1, 0.15) is 5.69 Å². The van der Waals surface area contributed by atoms with Crippen LogP contribution >= 0.6 is 0 Å². The number of aliphatic hydroxyl groups is 1. The summed E-state index contributed by atoms with van der Waals surface area (Å²) in [5.41, 5.74) is -0.859. The Morgan fingerprint density at radius 2 is 2.18 bits per heavy atom. The van der Waals surface area contributed by atoms with Gasteiger partial charge >= 0.3 is 0 Å². The van der Waals surface area contributed by atoms with Gasteiger partial charge in [0, 0.05) is 31.9 Å². The molecule has 3 N–H and O–H groups in total. The largest absolute Gasteiger partial charge is 0.491 e. The summed E-state index contributed by atoms with van der Waals surface area (Å²) >= 11 is 0. The lowest BCUT2D eigenvalue weighted by atomic mass is 9.67. The number of likely N-dealkylation sites (tertiary alicyclic amines) is 2. The molecule has 0 aromatic carbocycles. The number of aromatic amines is 1. The Kier molecular flexibility index (Phi) is 6.04. The summed E-state index contributed by atoms with van der Waals surface area (Å²) in [5, 5.41) is 11.9. The van der Waals surface area contributed by atoms with Crippen molar-refractivity contribution in [2.45, 2.75) is 25.3 Å². The number of pyridine rings is 1. The van der Waals surface area contributed by atoms with E-state index >= 15 is 0 Å². The fourth-order valence-electron chi connectivity index (χ4n) is 4.39. The SMILES string of the molecule is COc1c[nH]c(C(=O)N2CCC[C@@]3(C(=O)NCCO)CCN(C)C[C@H]23)cc1=O. The molecule has 2 amide bonds. The average molecular weight is 392 g/mol. The van der Waals surface area contributed by atoms with Gasteiger partial charge in [-0.1, -0.05) is 0 Å². The van der Waals surface area contributed by atoms with E-state index in [2.05, 4.69) is 15.2 Å². The first kappa shape index (κ1) is 20.3. The highest BCUT2D eigenvalue weighted by molar-refractivity contribution is 5.94. The van der Waals surface area contributed by atoms with Crippen LogP contribution in [0.25, 0.3) is 0 Å². The summed E-state index contributed by atoms with van der Waals surface area (Å²) in [7, 11) is 3.37. The van der Waals surface area contributed by atoms with Gasteiger partial charge in [-0.05, 0) is 32.9 Å². The van der Waals surface area contributed by atoms with Gasteiger partial charge < -0.3 is 29.9 Å². The average Bonchev–Trinajstić information content (AvgIpc) is 2.70. The molecule has 28 heavy (non-hydrogen) atoms. The van der Waals surface area contributed by atoms with Crippen LogP contribution in [0.1, 0.15) is 29.8 Å². The number of methoxy groups -OCH3 is 1. The predicted octanol–water partition coefficient (Wildman–Crippen LogP) is -0.581. The van der Waals surface area contributed by atoms with Crippen LogP contribution in [0, 0.1) is 5.41 Å². The van der Waals surface area contributed by atoms with E-state index in [1.807, 2.05) is 7.05 Å². The Bertz CT molecular complexity index is 795. The molecular weight excluding hydrogens is 364 g/mol. The summed E-state index contributed by atoms with van der Waals surface area (Å²) < 4.78 is 4.96. The summed E-state index contributed by atoms with van der Waals surface area (Å²) in [6.07, 6.45) is 3.44. The highest BCUT2D eigenvalue weighted by Gasteiger charge is 2.53. The molecule has 0 radical (unpaired) electrons. The van der Waals surface area contributed by atoms with Gasteiger partial charge in [0.05, 0.1) is 25.2 Å². The highest BCUT2D eigenvalue weighted by Crippen LogP contribution is 2.42. The van der Waals surface area contributed by atoms with E-state index < -0.39 is 5.41 Å². The number of likely N-dealkylation sites (N-methyl/N-ethyl adjacent to an activating group) is 1. The minimum atomic E-state index is -0.678. The molecule has 2 fully saturated rings. The number of aromatic nitrogens is 1. The Morgan fingerprint density at radius 1 is 1.39 bits per heavy atom. The lowest BCUT2D eigenvalue weighted by Crippen LogP contribution is -2.66. The second-order valence-corrected chi connectivity index (χ2v) is 7.55. The molecule has 0 bridgehead atoms. The number of hydrogen-bond acceptors (Lipinski definition) is 6. The molecule has 0 aliphatic carbocycles. The van der Waals surface area contributed by atoms with Crippen LogP contribution in [-0.4, -0.2) is 84.7 Å². The fraction of sp³-hybridized carbons (Fsp3) is 0.632. The number of nitrogens with one attached hydrogen (secondary N) is 2. The van der Waals surface area contributed by atoms with Crippen LogP contribution < -0.4 is 15.5 Å². The standard InChI is InChI=1S/C19H28N4O5/c1-22-8-5-19(18(27)20-6-9-24)4-3-7-23(16(19)12-22)17(26)13-10-14(25)15(28-2)11-21-13/h10-11,16,24H,3-9,12H2,1-2H3,(H,20,27)(H,21,25)/t16-,19+/m0/s1. The summed E-state index contributed by atoms with van der Waals surface area (Å²) in [6.45, 7) is 1.95. The van der Waals surface area contributed by atoms with Crippen molar-refractivity contribution in [3.63, 3.8) is 0 Å². The maximum Gasteiger partial charge on any atom is 0.270 e. The first-order chi connectivity index (χ1) is 13.4. The van der Waals surface area contributed by atoms with Gasteiger partial charge in [-0.3, -0.25) is 14.4 Å². The zero-order valence-corrected chi connectivity index (χ0v) is 16.4. The molecule has 1 aromatic heterocycles. The zero-order valence-electron chi connectivity index (χ0n) is 16.4. The number of H-pyrrole nitrogens is 1. The first-order valence-electron chi connectivity index (χ1n) is 9.58. The Hall–Kier alpha value is -2.39. The fourth-order valence-corrected chi connectivity index (χ4v) is 4.39. The molecule has 3 heterocycles. The third-order valence-electron chi connectivity index (χ3n) is 5.90. The molecule has 2 aliphatic heterocycles. The van der Waals surface area contributed by atoms with Crippen LogP contribution in [0.2, 0.25) is 0 Å². The van der Waals surface area contributed by atoms with Crippen molar-refractivity contribution >= 4 is 11.8 Å². The summed E-state index contributed by atoms with van der Waals surface area (Å²) in [5.74, 6) is -0.259. The van der Waals surface area contributed by atoms with Crippen molar-refractivity contribution in [3.8, 4) is 5.75 Å². The Labute approximate surface area is 163 Å². The van der Waals surface area contributed by atoms with Crippen molar-refractivity contribution < 1.29 is 19.4 Å². The Balaban J connectivity index is 1.92. The minimum absolute atomic E-state index is 0.111. The van der Waals surface area contributed by atoms with Gasteiger partial charge in [0.25, 0.3) is 5.91 Å². The normalized spacial score (nSPS) is 25.1. The summed E-state index contributed by atoms with van der Waals surface area (Å²) in [6, 6.07) is 0.951. The second-order valence-electron chi connectivity index (χ2n) is 7.55. The summed E-state index contributed by atoms with van der Waals surface area (Å²) in [4.78, 5) is 45.0. The van der Waals surface area contributed by atoms with Crippen molar-refractivity contribution in [1.82, 2.24) is 20.1 Å². The number of aliphatic hydroxyl groups excluding tert-OH is 1. The lowest BCUT2D eigenvalue weighted by molar-refractivity contribution is -0.142. The molecule has 2 atom stereocenters.